The summed E-state index contributed by atoms with van der Waals surface area (Å²) in [6.45, 7) is 11.2. The highest BCUT2D eigenvalue weighted by Crippen LogP contribution is 2.15. The van der Waals surface area contributed by atoms with E-state index in [1.165, 1.54) is 10.5 Å². The first-order valence-electron chi connectivity index (χ1n) is 8.20. The molecule has 0 fully saturated rings. The molecule has 1 unspecified atom stereocenters. The zero-order chi connectivity index (χ0) is 18.3. The summed E-state index contributed by atoms with van der Waals surface area (Å²) in [5, 5.41) is 13.6. The fraction of sp³-hybridized carbons (Fsp3) is 0.611. The first-order chi connectivity index (χ1) is 11.1. The first kappa shape index (κ1) is 20.7. The summed E-state index contributed by atoms with van der Waals surface area (Å²) in [6.07, 6.45) is -1.01. The first-order valence-corrected chi connectivity index (χ1v) is 8.58. The van der Waals surface area contributed by atoms with Gasteiger partial charge in [0.05, 0.1) is 6.10 Å². The van der Waals surface area contributed by atoms with Crippen molar-refractivity contribution in [3.63, 3.8) is 0 Å². The summed E-state index contributed by atoms with van der Waals surface area (Å²) in [6, 6.07) is 5.79. The summed E-state index contributed by atoms with van der Waals surface area (Å²) in [7, 11) is 0. The summed E-state index contributed by atoms with van der Waals surface area (Å²) >= 11 is 5.95. The molecule has 0 spiro atoms. The van der Waals surface area contributed by atoms with Crippen LogP contribution < -0.4 is 5.32 Å². The molecule has 2 N–H and O–H groups in total. The average Bonchev–Trinajstić information content (AvgIpc) is 2.41. The van der Waals surface area contributed by atoms with Crippen molar-refractivity contribution in [3.8, 4) is 0 Å². The van der Waals surface area contributed by atoms with E-state index in [0.29, 0.717) is 19.6 Å². The second kappa shape index (κ2) is 9.25. The Balaban J connectivity index is 2.51. The van der Waals surface area contributed by atoms with E-state index in [1.807, 2.05) is 45.9 Å². The zero-order valence-electron chi connectivity index (χ0n) is 15.2. The average molecular weight is 357 g/mol. The Morgan fingerprint density at radius 1 is 1.42 bits per heavy atom. The smallest absolute Gasteiger partial charge is 0.410 e. The van der Waals surface area contributed by atoms with Crippen LogP contribution in [0.3, 0.4) is 0 Å². The van der Waals surface area contributed by atoms with E-state index < -0.39 is 17.8 Å². The van der Waals surface area contributed by atoms with Gasteiger partial charge in [0.15, 0.2) is 0 Å². The number of nitrogens with one attached hydrogen (secondary N) is 1. The zero-order valence-corrected chi connectivity index (χ0v) is 16.0. The molecule has 5 nitrogen and oxygen atoms in total. The van der Waals surface area contributed by atoms with Crippen LogP contribution in [-0.2, 0) is 11.3 Å². The molecule has 0 radical (unpaired) electrons. The van der Waals surface area contributed by atoms with E-state index in [0.717, 1.165) is 10.6 Å². The highest BCUT2D eigenvalue weighted by Gasteiger charge is 2.22. The number of aryl methyl sites for hydroxylation is 1. The van der Waals surface area contributed by atoms with Crippen molar-refractivity contribution in [1.29, 1.82) is 0 Å². The minimum atomic E-state index is -0.601. The van der Waals surface area contributed by atoms with Gasteiger partial charge in [-0.15, -0.1) is 0 Å². The lowest BCUT2D eigenvalue weighted by Crippen LogP contribution is -2.43. The lowest BCUT2D eigenvalue weighted by Gasteiger charge is -2.28. The number of nitrogens with zero attached hydrogens (tertiary/aromatic N) is 1. The molecular formula is C18H29ClN2O3. The third-order valence-corrected chi connectivity index (χ3v) is 3.55. The summed E-state index contributed by atoms with van der Waals surface area (Å²) in [5.74, 6) is 0. The van der Waals surface area contributed by atoms with Gasteiger partial charge in [-0.3, -0.25) is 0 Å². The van der Waals surface area contributed by atoms with Gasteiger partial charge in [-0.05, 0) is 57.9 Å². The molecule has 136 valence electrons. The number of benzene rings is 1. The van der Waals surface area contributed by atoms with E-state index in [4.69, 9.17) is 16.3 Å². The van der Waals surface area contributed by atoms with Crippen molar-refractivity contribution in [3.05, 3.63) is 34.3 Å². The van der Waals surface area contributed by atoms with Crippen molar-refractivity contribution in [2.75, 3.05) is 19.6 Å². The summed E-state index contributed by atoms with van der Waals surface area (Å²) < 4.78 is 5.38. The fourth-order valence-electron chi connectivity index (χ4n) is 2.20. The highest BCUT2D eigenvalue weighted by atomic mass is 35.5. The molecule has 24 heavy (non-hydrogen) atoms. The number of hydrogen-bond acceptors (Lipinski definition) is 4. The number of rotatable bonds is 7. The molecule has 0 bridgehead atoms. The van der Waals surface area contributed by atoms with Crippen LogP contribution in [0.5, 0.6) is 0 Å². The third kappa shape index (κ3) is 7.99. The van der Waals surface area contributed by atoms with Gasteiger partial charge in [-0.1, -0.05) is 17.7 Å². The number of aliphatic hydroxyl groups excluding tert-OH is 1. The number of carbonyl (C=O) groups is 1. The third-order valence-electron chi connectivity index (χ3n) is 3.31. The number of amides is 1. The van der Waals surface area contributed by atoms with Gasteiger partial charge in [0.1, 0.15) is 5.60 Å². The van der Waals surface area contributed by atoms with Crippen molar-refractivity contribution >= 4 is 17.7 Å². The summed E-state index contributed by atoms with van der Waals surface area (Å²) in [4.78, 5) is 13.7. The Labute approximate surface area is 149 Å². The Morgan fingerprint density at radius 3 is 2.62 bits per heavy atom. The van der Waals surface area contributed by atoms with Gasteiger partial charge >= 0.3 is 6.09 Å². The number of ether oxygens (including phenoxy) is 1. The van der Waals surface area contributed by atoms with Crippen molar-refractivity contribution < 1.29 is 14.6 Å². The molecule has 1 aromatic rings. The number of carbonyl (C=O) groups excluding carboxylic acids is 1. The van der Waals surface area contributed by atoms with E-state index >= 15 is 0 Å². The number of hydrogen-bond donors (Lipinski definition) is 2. The van der Waals surface area contributed by atoms with Gasteiger partial charge in [-0.2, -0.15) is 0 Å². The molecule has 1 aromatic carbocycles. The van der Waals surface area contributed by atoms with Crippen LogP contribution in [0.2, 0.25) is 5.02 Å². The lowest BCUT2D eigenvalue weighted by molar-refractivity contribution is 0.0164. The molecule has 0 aliphatic carbocycles. The Kier molecular flexibility index (Phi) is 8.00. The van der Waals surface area contributed by atoms with E-state index in [-0.39, 0.29) is 6.54 Å². The SMILES string of the molecule is Cc1cc(Cl)ccc1CNCCN(CC(C)O)C(=O)OC(C)(C)C. The van der Waals surface area contributed by atoms with Gasteiger partial charge in [0.25, 0.3) is 0 Å². The minimum Gasteiger partial charge on any atom is -0.444 e. The predicted octanol–water partition coefficient (Wildman–Crippen LogP) is 3.36. The maximum Gasteiger partial charge on any atom is 0.410 e. The standard InChI is InChI=1S/C18H29ClN2O3/c1-13-10-16(19)7-6-15(13)11-20-8-9-21(12-14(2)22)17(23)24-18(3,4)5/h6-7,10,14,20,22H,8-9,11-12H2,1-5H3. The topological polar surface area (TPSA) is 61.8 Å². The van der Waals surface area contributed by atoms with Crippen molar-refractivity contribution in [1.82, 2.24) is 10.2 Å². The lowest BCUT2D eigenvalue weighted by atomic mass is 10.1. The maximum absolute atomic E-state index is 12.2. The number of aliphatic hydroxyl groups is 1. The van der Waals surface area contributed by atoms with Crippen LogP contribution >= 0.6 is 11.6 Å². The predicted molar refractivity (Wildman–Crippen MR) is 97.4 cm³/mol. The molecular weight excluding hydrogens is 328 g/mol. The van der Waals surface area contributed by atoms with E-state index in [2.05, 4.69) is 5.32 Å². The van der Waals surface area contributed by atoms with Gasteiger partial charge < -0.3 is 20.1 Å². The van der Waals surface area contributed by atoms with Crippen LogP contribution in [-0.4, -0.2) is 47.4 Å². The molecule has 0 saturated heterocycles. The quantitative estimate of drug-likeness (QED) is 0.735. The normalized spacial score (nSPS) is 12.8. The molecule has 1 amide bonds. The Morgan fingerprint density at radius 2 is 2.08 bits per heavy atom. The van der Waals surface area contributed by atoms with Gasteiger partial charge in [-0.25, -0.2) is 4.79 Å². The molecule has 0 aliphatic rings. The van der Waals surface area contributed by atoms with E-state index in [9.17, 15) is 9.90 Å². The minimum absolute atomic E-state index is 0.247. The van der Waals surface area contributed by atoms with Crippen LogP contribution in [0.15, 0.2) is 18.2 Å². The van der Waals surface area contributed by atoms with Crippen molar-refractivity contribution in [2.45, 2.75) is 52.9 Å². The largest absolute Gasteiger partial charge is 0.444 e. The van der Waals surface area contributed by atoms with Gasteiger partial charge in [0.2, 0.25) is 0 Å². The molecule has 1 rings (SSSR count). The Bertz CT molecular complexity index is 542. The van der Waals surface area contributed by atoms with Crippen LogP contribution in [0.4, 0.5) is 4.79 Å². The molecule has 0 aliphatic heterocycles. The second-order valence-electron chi connectivity index (χ2n) is 7.02. The van der Waals surface area contributed by atoms with Crippen LogP contribution in [0, 0.1) is 6.92 Å². The Hall–Kier alpha value is -1.30. The molecule has 1 atom stereocenters. The van der Waals surface area contributed by atoms with Crippen LogP contribution in [0.1, 0.15) is 38.8 Å². The monoisotopic (exact) mass is 356 g/mol. The van der Waals surface area contributed by atoms with Crippen molar-refractivity contribution in [2.24, 2.45) is 0 Å². The maximum atomic E-state index is 12.2. The van der Waals surface area contributed by atoms with E-state index in [1.54, 1.807) is 6.92 Å². The van der Waals surface area contributed by atoms with Gasteiger partial charge in [0, 0.05) is 31.2 Å². The molecule has 0 heterocycles. The molecule has 0 saturated carbocycles. The summed E-state index contributed by atoms with van der Waals surface area (Å²) in [5.41, 5.74) is 1.74. The highest BCUT2D eigenvalue weighted by molar-refractivity contribution is 6.30. The molecule has 0 aromatic heterocycles. The molecule has 6 heteroatoms. The van der Waals surface area contributed by atoms with Crippen LogP contribution in [0.25, 0.3) is 0 Å². The second-order valence-corrected chi connectivity index (χ2v) is 7.46. The number of halogens is 1. The fourth-order valence-corrected chi connectivity index (χ4v) is 2.42.